The van der Waals surface area contributed by atoms with Crippen molar-refractivity contribution in [1.82, 2.24) is 4.90 Å². The number of ether oxygens (including phenoxy) is 1. The number of carbonyl (C=O) groups excluding carboxylic acids is 2. The molecule has 2 aromatic carbocycles. The number of nitrogen functional groups attached to an aromatic ring is 1. The molecule has 0 radical (unpaired) electrons. The Bertz CT molecular complexity index is 753. The number of benzene rings is 2. The van der Waals surface area contributed by atoms with Gasteiger partial charge in [0.2, 0.25) is 5.91 Å². The molecule has 0 atom stereocenters. The lowest BCUT2D eigenvalue weighted by Crippen LogP contribution is -2.41. The highest BCUT2D eigenvalue weighted by Crippen LogP contribution is 2.15. The number of nitrogens with one attached hydrogen (secondary N) is 2. The zero-order chi connectivity index (χ0) is 18.4. The number of hydrogen-bond acceptors (Lipinski definition) is 5. The van der Waals surface area contributed by atoms with E-state index in [1.165, 1.54) is 0 Å². The zero-order valence-electron chi connectivity index (χ0n) is 14.4. The van der Waals surface area contributed by atoms with Crippen LogP contribution in [0.3, 0.4) is 0 Å². The normalized spacial score (nSPS) is 14.6. The molecule has 7 nitrogen and oxygen atoms in total. The van der Waals surface area contributed by atoms with Crippen molar-refractivity contribution in [2.75, 3.05) is 49.2 Å². The van der Waals surface area contributed by atoms with E-state index >= 15 is 0 Å². The minimum absolute atomic E-state index is 0.0643. The Hall–Kier alpha value is -2.90. The molecule has 0 saturated carbocycles. The summed E-state index contributed by atoms with van der Waals surface area (Å²) >= 11 is 0. The van der Waals surface area contributed by atoms with Gasteiger partial charge in [-0.3, -0.25) is 14.5 Å². The lowest BCUT2D eigenvalue weighted by atomic mass is 10.2. The standard InChI is InChI=1S/C19H22N4O3/c20-15-3-1-14(2-4-15)19(25)22-17-7-5-16(6-8-17)21-18(24)13-23-9-11-26-12-10-23/h1-8H,9-13,20H2,(H,21,24)(H,22,25). The molecule has 1 aliphatic rings. The smallest absolute Gasteiger partial charge is 0.255 e. The highest BCUT2D eigenvalue weighted by molar-refractivity contribution is 6.04. The molecule has 4 N–H and O–H groups in total. The summed E-state index contributed by atoms with van der Waals surface area (Å²) in [6, 6.07) is 13.7. The quantitative estimate of drug-likeness (QED) is 0.712. The summed E-state index contributed by atoms with van der Waals surface area (Å²) in [7, 11) is 0. The number of morpholine rings is 1. The Morgan fingerprint density at radius 2 is 1.50 bits per heavy atom. The molecule has 0 unspecified atom stereocenters. The van der Waals surface area contributed by atoms with Crippen LogP contribution in [-0.4, -0.2) is 49.6 Å². The van der Waals surface area contributed by atoms with Crippen LogP contribution < -0.4 is 16.4 Å². The van der Waals surface area contributed by atoms with Crippen molar-refractivity contribution in [2.24, 2.45) is 0 Å². The largest absolute Gasteiger partial charge is 0.399 e. The van der Waals surface area contributed by atoms with Crippen molar-refractivity contribution < 1.29 is 14.3 Å². The van der Waals surface area contributed by atoms with Crippen molar-refractivity contribution in [3.63, 3.8) is 0 Å². The summed E-state index contributed by atoms with van der Waals surface area (Å²) in [5.41, 5.74) is 8.10. The lowest BCUT2D eigenvalue weighted by molar-refractivity contribution is -0.118. The van der Waals surface area contributed by atoms with Crippen molar-refractivity contribution in [1.29, 1.82) is 0 Å². The monoisotopic (exact) mass is 354 g/mol. The van der Waals surface area contributed by atoms with E-state index in [2.05, 4.69) is 15.5 Å². The van der Waals surface area contributed by atoms with E-state index in [9.17, 15) is 9.59 Å². The topological polar surface area (TPSA) is 96.7 Å². The zero-order valence-corrected chi connectivity index (χ0v) is 14.4. The van der Waals surface area contributed by atoms with Gasteiger partial charge < -0.3 is 21.1 Å². The molecule has 1 fully saturated rings. The van der Waals surface area contributed by atoms with Crippen LogP contribution in [0.25, 0.3) is 0 Å². The van der Waals surface area contributed by atoms with Crippen LogP contribution in [0, 0.1) is 0 Å². The summed E-state index contributed by atoms with van der Waals surface area (Å²) in [4.78, 5) is 26.3. The molecule has 0 aromatic heterocycles. The Labute approximate surface area is 152 Å². The number of nitrogens with two attached hydrogens (primary N) is 1. The summed E-state index contributed by atoms with van der Waals surface area (Å²) < 4.78 is 5.27. The Balaban J connectivity index is 1.52. The van der Waals surface area contributed by atoms with Crippen LogP contribution in [0.1, 0.15) is 10.4 Å². The van der Waals surface area contributed by atoms with Crippen LogP contribution >= 0.6 is 0 Å². The highest BCUT2D eigenvalue weighted by Gasteiger charge is 2.14. The van der Waals surface area contributed by atoms with Crippen molar-refractivity contribution in [3.8, 4) is 0 Å². The summed E-state index contributed by atoms with van der Waals surface area (Å²) in [6.45, 7) is 3.21. The highest BCUT2D eigenvalue weighted by atomic mass is 16.5. The first-order valence-corrected chi connectivity index (χ1v) is 8.47. The second kappa shape index (κ2) is 8.46. The maximum Gasteiger partial charge on any atom is 0.255 e. The fourth-order valence-corrected chi connectivity index (χ4v) is 2.64. The van der Waals surface area contributed by atoms with Gasteiger partial charge in [0.15, 0.2) is 0 Å². The van der Waals surface area contributed by atoms with E-state index < -0.39 is 0 Å². The van der Waals surface area contributed by atoms with Crippen LogP contribution in [0.15, 0.2) is 48.5 Å². The summed E-state index contributed by atoms with van der Waals surface area (Å²) in [6.07, 6.45) is 0. The van der Waals surface area contributed by atoms with Crippen LogP contribution in [0.5, 0.6) is 0 Å². The number of hydrogen-bond donors (Lipinski definition) is 3. The van der Waals surface area contributed by atoms with Crippen LogP contribution in [0.4, 0.5) is 17.1 Å². The average Bonchev–Trinajstić information content (AvgIpc) is 2.64. The van der Waals surface area contributed by atoms with Crippen molar-refractivity contribution in [2.45, 2.75) is 0 Å². The number of nitrogens with zero attached hydrogens (tertiary/aromatic N) is 1. The fraction of sp³-hybridized carbons (Fsp3) is 0.263. The van der Waals surface area contributed by atoms with Gasteiger partial charge in [0.1, 0.15) is 0 Å². The first-order valence-electron chi connectivity index (χ1n) is 8.47. The molecule has 2 amide bonds. The molecule has 7 heteroatoms. The Kier molecular flexibility index (Phi) is 5.83. The molecule has 0 bridgehead atoms. The van der Waals surface area contributed by atoms with Gasteiger partial charge in [-0.2, -0.15) is 0 Å². The van der Waals surface area contributed by atoms with Gasteiger partial charge in [0.25, 0.3) is 5.91 Å². The third-order valence-corrected chi connectivity index (χ3v) is 4.07. The van der Waals surface area contributed by atoms with E-state index in [-0.39, 0.29) is 11.8 Å². The number of carbonyl (C=O) groups is 2. The van der Waals surface area contributed by atoms with E-state index in [1.54, 1.807) is 48.5 Å². The second-order valence-electron chi connectivity index (χ2n) is 6.09. The molecule has 1 saturated heterocycles. The predicted octanol–water partition coefficient (Wildman–Crippen LogP) is 1.79. The molecule has 2 aromatic rings. The molecule has 26 heavy (non-hydrogen) atoms. The first-order chi connectivity index (χ1) is 12.6. The van der Waals surface area contributed by atoms with E-state index in [4.69, 9.17) is 10.5 Å². The molecular formula is C19H22N4O3. The average molecular weight is 354 g/mol. The van der Waals surface area contributed by atoms with Gasteiger partial charge in [-0.05, 0) is 48.5 Å². The SMILES string of the molecule is Nc1ccc(C(=O)Nc2ccc(NC(=O)CN3CCOCC3)cc2)cc1. The second-order valence-corrected chi connectivity index (χ2v) is 6.09. The minimum atomic E-state index is -0.214. The minimum Gasteiger partial charge on any atom is -0.399 e. The van der Waals surface area contributed by atoms with Crippen molar-refractivity contribution in [3.05, 3.63) is 54.1 Å². The molecule has 1 aliphatic heterocycles. The van der Waals surface area contributed by atoms with Gasteiger partial charge in [0, 0.05) is 35.7 Å². The molecule has 0 spiro atoms. The maximum atomic E-state index is 12.2. The first kappa shape index (κ1) is 17.9. The predicted molar refractivity (Wildman–Crippen MR) is 101 cm³/mol. The van der Waals surface area contributed by atoms with Gasteiger partial charge in [0.05, 0.1) is 19.8 Å². The lowest BCUT2D eigenvalue weighted by Gasteiger charge is -2.25. The van der Waals surface area contributed by atoms with Crippen molar-refractivity contribution >= 4 is 28.9 Å². The van der Waals surface area contributed by atoms with Crippen LogP contribution in [0.2, 0.25) is 0 Å². The fourth-order valence-electron chi connectivity index (χ4n) is 2.64. The molecule has 3 rings (SSSR count). The van der Waals surface area contributed by atoms with E-state index in [0.717, 1.165) is 13.1 Å². The maximum absolute atomic E-state index is 12.2. The molecule has 136 valence electrons. The van der Waals surface area contributed by atoms with Gasteiger partial charge in [-0.1, -0.05) is 0 Å². The summed E-state index contributed by atoms with van der Waals surface area (Å²) in [5.74, 6) is -0.278. The molecular weight excluding hydrogens is 332 g/mol. The number of amides is 2. The number of anilines is 3. The van der Waals surface area contributed by atoms with Gasteiger partial charge >= 0.3 is 0 Å². The van der Waals surface area contributed by atoms with E-state index in [0.29, 0.717) is 42.4 Å². The molecule has 1 heterocycles. The van der Waals surface area contributed by atoms with Crippen LogP contribution in [-0.2, 0) is 9.53 Å². The van der Waals surface area contributed by atoms with Gasteiger partial charge in [-0.25, -0.2) is 0 Å². The van der Waals surface area contributed by atoms with E-state index in [1.807, 2.05) is 0 Å². The Morgan fingerprint density at radius 3 is 2.12 bits per heavy atom. The summed E-state index contributed by atoms with van der Waals surface area (Å²) in [5, 5.41) is 5.67. The third kappa shape index (κ3) is 5.05. The third-order valence-electron chi connectivity index (χ3n) is 4.07. The number of rotatable bonds is 5. The van der Waals surface area contributed by atoms with Gasteiger partial charge in [-0.15, -0.1) is 0 Å². The Morgan fingerprint density at radius 1 is 0.923 bits per heavy atom. The molecule has 0 aliphatic carbocycles.